The third-order valence-electron chi connectivity index (χ3n) is 8.55. The number of nitrogens with zero attached hydrogens (tertiary/aromatic N) is 6. The predicted molar refractivity (Wildman–Crippen MR) is 190 cm³/mol. The number of piperazine rings is 1. The van der Waals surface area contributed by atoms with Gasteiger partial charge in [-0.3, -0.25) is 48.5 Å². The molecule has 2 aliphatic heterocycles. The number of carbonyl (C=O) groups is 5. The molecule has 0 aliphatic carbocycles. The van der Waals surface area contributed by atoms with Crippen LogP contribution < -0.4 is 5.73 Å². The van der Waals surface area contributed by atoms with Crippen LogP contribution in [-0.2, 0) is 42.0 Å². The van der Waals surface area contributed by atoms with Crippen molar-refractivity contribution in [2.75, 3.05) is 110 Å². The fourth-order valence-electron chi connectivity index (χ4n) is 5.96. The molecule has 1 aromatic rings. The number of carboxylic acid groups (broad SMARTS) is 3. The summed E-state index contributed by atoms with van der Waals surface area (Å²) >= 11 is 6.15. The Hall–Kier alpha value is -2.93. The van der Waals surface area contributed by atoms with E-state index in [0.717, 1.165) is 17.9 Å². The molecule has 0 atom stereocenters. The summed E-state index contributed by atoms with van der Waals surface area (Å²) < 4.78 is 0. The topological polar surface area (TPSA) is 191 Å². The molecule has 0 unspecified atom stereocenters. The maximum Gasteiger partial charge on any atom is 0.317 e. The van der Waals surface area contributed by atoms with Gasteiger partial charge < -0.3 is 26.0 Å². The van der Waals surface area contributed by atoms with Gasteiger partial charge in [0.15, 0.2) is 0 Å². The third kappa shape index (κ3) is 16.1. The van der Waals surface area contributed by atoms with E-state index < -0.39 is 17.9 Å². The highest BCUT2D eigenvalue weighted by Crippen LogP contribution is 2.20. The van der Waals surface area contributed by atoms with E-state index in [9.17, 15) is 39.3 Å². The molecule has 0 saturated carbocycles. The second-order valence-electron chi connectivity index (χ2n) is 12.5. The van der Waals surface area contributed by atoms with Gasteiger partial charge in [-0.2, -0.15) is 24.4 Å². The van der Waals surface area contributed by atoms with E-state index >= 15 is 0 Å². The van der Waals surface area contributed by atoms with E-state index in [0.29, 0.717) is 96.5 Å². The fourth-order valence-corrected chi connectivity index (χ4v) is 7.03. The van der Waals surface area contributed by atoms with Crippen molar-refractivity contribution in [2.45, 2.75) is 24.5 Å². The number of hydrogen-bond donors (Lipinski definition) is 5. The number of benzene rings is 1. The van der Waals surface area contributed by atoms with E-state index in [2.05, 4.69) is 35.7 Å². The first-order valence-electron chi connectivity index (χ1n) is 16.5. The van der Waals surface area contributed by atoms with E-state index in [-0.39, 0.29) is 38.0 Å². The molecule has 17 heteroatoms. The molecule has 1 aromatic carbocycles. The Morgan fingerprint density at radius 2 is 1.02 bits per heavy atom. The minimum absolute atomic E-state index is 0.0266. The van der Waals surface area contributed by atoms with E-state index in [1.54, 1.807) is 26.5 Å². The molecular weight excluding hydrogens is 675 g/mol. The Bertz CT molecular complexity index is 1240. The summed E-state index contributed by atoms with van der Waals surface area (Å²) in [5.41, 5.74) is 8.75. The highest BCUT2D eigenvalue weighted by atomic mass is 32.2. The number of hydrogen-bond acceptors (Lipinski definition) is 12. The average molecular weight is 726 g/mol. The molecular formula is C32H51N7O8S2. The van der Waals surface area contributed by atoms with Crippen molar-refractivity contribution in [1.29, 1.82) is 0 Å². The second-order valence-corrected chi connectivity index (χ2v) is 13.9. The minimum atomic E-state index is -1.01. The maximum absolute atomic E-state index is 13.5. The normalized spacial score (nSPS) is 18.4. The summed E-state index contributed by atoms with van der Waals surface area (Å²) in [6.07, 6.45) is 0.353. The van der Waals surface area contributed by atoms with Crippen molar-refractivity contribution < 1.29 is 39.3 Å². The lowest BCUT2D eigenvalue weighted by molar-refractivity contribution is -0.141. The van der Waals surface area contributed by atoms with Crippen LogP contribution in [0.2, 0.25) is 0 Å². The Morgan fingerprint density at radius 3 is 1.45 bits per heavy atom. The monoisotopic (exact) mass is 725 g/mol. The first kappa shape index (κ1) is 40.5. The molecule has 2 amide bonds. The van der Waals surface area contributed by atoms with Crippen molar-refractivity contribution >= 4 is 54.1 Å². The lowest BCUT2D eigenvalue weighted by Crippen LogP contribution is -2.53. The Labute approximate surface area is 297 Å². The lowest BCUT2D eigenvalue weighted by Gasteiger charge is -2.37. The van der Waals surface area contributed by atoms with Gasteiger partial charge in [-0.1, -0.05) is 18.2 Å². The van der Waals surface area contributed by atoms with Gasteiger partial charge in [0.25, 0.3) is 0 Å². The van der Waals surface area contributed by atoms with E-state index in [1.165, 1.54) is 11.1 Å². The Kier molecular flexibility index (Phi) is 17.6. The first-order chi connectivity index (χ1) is 23.4. The maximum atomic E-state index is 13.5. The van der Waals surface area contributed by atoms with E-state index in [1.807, 2.05) is 9.80 Å². The van der Waals surface area contributed by atoms with Crippen LogP contribution >= 0.6 is 24.4 Å². The molecule has 0 radical (unpaired) electrons. The molecule has 5 N–H and O–H groups in total. The van der Waals surface area contributed by atoms with Gasteiger partial charge in [-0.15, -0.1) is 0 Å². The zero-order chi connectivity index (χ0) is 35.8. The van der Waals surface area contributed by atoms with Crippen LogP contribution in [0, 0.1) is 0 Å². The molecule has 0 spiro atoms. The van der Waals surface area contributed by atoms with Crippen molar-refractivity contribution in [1.82, 2.24) is 29.4 Å². The molecule has 274 valence electrons. The Balaban J connectivity index is 1.59. The van der Waals surface area contributed by atoms with Crippen LogP contribution in [0.15, 0.2) is 18.2 Å². The molecule has 2 fully saturated rings. The van der Waals surface area contributed by atoms with Crippen molar-refractivity contribution in [3.05, 3.63) is 34.9 Å². The predicted octanol–water partition coefficient (Wildman–Crippen LogP) is -0.655. The smallest absolute Gasteiger partial charge is 0.317 e. The molecule has 49 heavy (non-hydrogen) atoms. The van der Waals surface area contributed by atoms with Crippen molar-refractivity contribution in [2.24, 2.45) is 5.73 Å². The number of thioether (sulfide) groups is 1. The lowest BCUT2D eigenvalue weighted by atomic mass is 10.1. The standard InChI is InChI=1S/C32H51N7O8S2/c33-28(40)1-14-49-24-27-16-25(15-26(17-27)23-48)18-34-10-12-39(13-11-34)29(41)19-35-2-4-36(20-30(42)43)6-8-38(22-32(46)47)9-7-37(5-3-35)21-31(44)45/h15-17,48H,1-14,18-24H2,(H2,33,40)(H,42,43)(H,44,45)(H,46,47). The van der Waals surface area contributed by atoms with Gasteiger partial charge in [0.05, 0.1) is 26.2 Å². The molecule has 0 bridgehead atoms. The zero-order valence-electron chi connectivity index (χ0n) is 28.1. The van der Waals surface area contributed by atoms with Crippen LogP contribution in [0.4, 0.5) is 0 Å². The second kappa shape index (κ2) is 21.3. The number of primary amides is 1. The number of rotatable bonds is 16. The summed E-state index contributed by atoms with van der Waals surface area (Å²) in [7, 11) is 0. The number of carbonyl (C=O) groups excluding carboxylic acids is 2. The number of amides is 2. The van der Waals surface area contributed by atoms with Gasteiger partial charge >= 0.3 is 17.9 Å². The number of aliphatic carboxylic acids is 3. The minimum Gasteiger partial charge on any atom is -0.480 e. The molecule has 2 heterocycles. The molecule has 0 aromatic heterocycles. The number of carboxylic acids is 3. The average Bonchev–Trinajstić information content (AvgIpc) is 3.03. The van der Waals surface area contributed by atoms with Crippen molar-refractivity contribution in [3.63, 3.8) is 0 Å². The molecule has 3 rings (SSSR count). The van der Waals surface area contributed by atoms with Crippen LogP contribution in [0.3, 0.4) is 0 Å². The first-order valence-corrected chi connectivity index (χ1v) is 18.3. The quantitative estimate of drug-likeness (QED) is 0.107. The highest BCUT2D eigenvalue weighted by Gasteiger charge is 2.25. The SMILES string of the molecule is NC(=O)CCSCc1cc(CS)cc(CN2CCN(C(=O)CN3CCN(CC(=O)O)CCN(CC(=O)O)CCN(CC(=O)O)CC3)CC2)c1. The number of nitrogens with two attached hydrogens (primary N) is 1. The van der Waals surface area contributed by atoms with Gasteiger partial charge in [0, 0.05) is 109 Å². The molecule has 2 saturated heterocycles. The third-order valence-corrected chi connectivity index (χ3v) is 9.95. The van der Waals surface area contributed by atoms with Gasteiger partial charge in [0.1, 0.15) is 0 Å². The van der Waals surface area contributed by atoms with Crippen LogP contribution in [-0.4, -0.2) is 185 Å². The van der Waals surface area contributed by atoms with E-state index in [4.69, 9.17) is 5.73 Å². The molecule has 15 nitrogen and oxygen atoms in total. The van der Waals surface area contributed by atoms with Gasteiger partial charge in [-0.25, -0.2) is 0 Å². The van der Waals surface area contributed by atoms with Crippen LogP contribution in [0.5, 0.6) is 0 Å². The number of thiol groups is 1. The summed E-state index contributed by atoms with van der Waals surface area (Å²) in [6, 6.07) is 6.48. The summed E-state index contributed by atoms with van der Waals surface area (Å²) in [5.74, 6) is -1.23. The zero-order valence-corrected chi connectivity index (χ0v) is 29.8. The largest absolute Gasteiger partial charge is 0.480 e. The van der Waals surface area contributed by atoms with Gasteiger partial charge in [-0.05, 0) is 16.7 Å². The summed E-state index contributed by atoms with van der Waals surface area (Å²) in [4.78, 5) is 70.4. The summed E-state index contributed by atoms with van der Waals surface area (Å²) in [6.45, 7) is 5.66. The van der Waals surface area contributed by atoms with Crippen LogP contribution in [0.1, 0.15) is 23.1 Å². The fraction of sp³-hybridized carbons (Fsp3) is 0.656. The van der Waals surface area contributed by atoms with Crippen molar-refractivity contribution in [3.8, 4) is 0 Å². The highest BCUT2D eigenvalue weighted by molar-refractivity contribution is 7.98. The Morgan fingerprint density at radius 1 is 0.612 bits per heavy atom. The van der Waals surface area contributed by atoms with Crippen LogP contribution in [0.25, 0.3) is 0 Å². The van der Waals surface area contributed by atoms with Gasteiger partial charge in [0.2, 0.25) is 11.8 Å². The summed E-state index contributed by atoms with van der Waals surface area (Å²) in [5, 5.41) is 28.3. The molecule has 2 aliphatic rings.